The number of hydrogen-bond donors (Lipinski definition) is 1. The van der Waals surface area contributed by atoms with Gasteiger partial charge in [0.25, 0.3) is 0 Å². The molecule has 0 spiro atoms. The monoisotopic (exact) mass is 345 g/mol. The molecule has 132 valence electrons. The largest absolute Gasteiger partial charge is 0.465 e. The molecule has 1 aromatic carbocycles. The van der Waals surface area contributed by atoms with Gasteiger partial charge in [-0.3, -0.25) is 14.4 Å². The summed E-state index contributed by atoms with van der Waals surface area (Å²) in [6.07, 6.45) is 1.03. The fraction of sp³-hybridized carbons (Fsp3) is 0.500. The highest BCUT2D eigenvalue weighted by Crippen LogP contribution is 2.50. The lowest BCUT2D eigenvalue weighted by Gasteiger charge is -2.40. The zero-order chi connectivity index (χ0) is 17.6. The average Bonchev–Trinajstić information content (AvgIpc) is 3.15. The third-order valence-electron chi connectivity index (χ3n) is 5.35. The maximum Gasteiger partial charge on any atom is 0.319 e. The van der Waals surface area contributed by atoms with Crippen LogP contribution in [0.3, 0.4) is 0 Å². The molecule has 3 aliphatic rings. The molecule has 4 rings (SSSR count). The van der Waals surface area contributed by atoms with Crippen molar-refractivity contribution >= 4 is 17.7 Å². The van der Waals surface area contributed by atoms with E-state index in [0.29, 0.717) is 24.3 Å². The van der Waals surface area contributed by atoms with E-state index in [-0.39, 0.29) is 37.6 Å². The molecule has 1 amide bonds. The zero-order valence-corrected chi connectivity index (χ0v) is 13.9. The minimum absolute atomic E-state index is 0.0414. The van der Waals surface area contributed by atoms with Crippen molar-refractivity contribution in [1.82, 2.24) is 5.32 Å². The summed E-state index contributed by atoms with van der Waals surface area (Å²) in [6.45, 7) is 2.01. The van der Waals surface area contributed by atoms with Gasteiger partial charge in [-0.2, -0.15) is 0 Å². The van der Waals surface area contributed by atoms with Gasteiger partial charge in [-0.25, -0.2) is 0 Å². The van der Waals surface area contributed by atoms with E-state index in [9.17, 15) is 14.4 Å². The standard InChI is InChI=1S/C18H19NO6/c1-2-23-17(22)15-16(21)19-14-6-4-11(20)8-18(14,15)10-3-5-12-13(7-10)25-9-24-12/h3,5,7,14-15H,2,4,6,8-9H2,1H3,(H,19,21)/t14-,15+,18+/m0/s1. The number of rotatable bonds is 3. The summed E-state index contributed by atoms with van der Waals surface area (Å²) in [7, 11) is 0. The van der Waals surface area contributed by atoms with Gasteiger partial charge in [-0.05, 0) is 31.0 Å². The Morgan fingerprint density at radius 3 is 2.92 bits per heavy atom. The van der Waals surface area contributed by atoms with E-state index in [4.69, 9.17) is 14.2 Å². The van der Waals surface area contributed by atoms with Crippen LogP contribution in [0.2, 0.25) is 0 Å². The topological polar surface area (TPSA) is 90.9 Å². The number of ether oxygens (including phenoxy) is 3. The Morgan fingerprint density at radius 1 is 1.32 bits per heavy atom. The molecule has 7 heteroatoms. The SMILES string of the molecule is CCOC(=O)[C@H]1C(=O)N[C@H]2CCC(=O)C[C@]12c1ccc2c(c1)OCO2. The van der Waals surface area contributed by atoms with Crippen molar-refractivity contribution < 1.29 is 28.6 Å². The number of benzene rings is 1. The smallest absolute Gasteiger partial charge is 0.319 e. The maximum absolute atomic E-state index is 12.6. The first-order valence-electron chi connectivity index (χ1n) is 8.45. The van der Waals surface area contributed by atoms with E-state index in [2.05, 4.69) is 5.32 Å². The minimum atomic E-state index is -1.04. The van der Waals surface area contributed by atoms with Crippen molar-refractivity contribution in [2.45, 2.75) is 37.6 Å². The van der Waals surface area contributed by atoms with Gasteiger partial charge in [0, 0.05) is 24.3 Å². The van der Waals surface area contributed by atoms with Crippen LogP contribution in [-0.4, -0.2) is 37.1 Å². The molecule has 0 radical (unpaired) electrons. The molecule has 1 saturated heterocycles. The maximum atomic E-state index is 12.6. The van der Waals surface area contributed by atoms with E-state index < -0.39 is 17.3 Å². The predicted octanol–water partition coefficient (Wildman–Crippen LogP) is 1.08. The quantitative estimate of drug-likeness (QED) is 0.651. The summed E-state index contributed by atoms with van der Waals surface area (Å²) in [6, 6.07) is 5.06. The fourth-order valence-corrected chi connectivity index (χ4v) is 4.29. The van der Waals surface area contributed by atoms with Gasteiger partial charge in [-0.1, -0.05) is 6.07 Å². The van der Waals surface area contributed by atoms with Gasteiger partial charge in [0.05, 0.1) is 6.61 Å². The van der Waals surface area contributed by atoms with Crippen molar-refractivity contribution in [3.8, 4) is 11.5 Å². The Kier molecular flexibility index (Phi) is 3.67. The van der Waals surface area contributed by atoms with Gasteiger partial charge < -0.3 is 19.5 Å². The Balaban J connectivity index is 1.85. The Morgan fingerprint density at radius 2 is 2.12 bits per heavy atom. The van der Waals surface area contributed by atoms with Crippen LogP contribution in [0.5, 0.6) is 11.5 Å². The van der Waals surface area contributed by atoms with Crippen LogP contribution in [0.25, 0.3) is 0 Å². The van der Waals surface area contributed by atoms with Gasteiger partial charge >= 0.3 is 5.97 Å². The molecule has 1 aromatic rings. The number of carbonyl (C=O) groups excluding carboxylic acids is 3. The second kappa shape index (κ2) is 5.75. The third-order valence-corrected chi connectivity index (χ3v) is 5.35. The molecule has 0 bridgehead atoms. The molecule has 7 nitrogen and oxygen atoms in total. The van der Waals surface area contributed by atoms with E-state index in [1.165, 1.54) is 0 Å². The lowest BCUT2D eigenvalue weighted by Crippen LogP contribution is -2.50. The number of nitrogens with one attached hydrogen (secondary N) is 1. The molecule has 1 saturated carbocycles. The molecule has 0 aromatic heterocycles. The lowest BCUT2D eigenvalue weighted by atomic mass is 9.61. The molecule has 1 N–H and O–H groups in total. The summed E-state index contributed by atoms with van der Waals surface area (Å²) in [4.78, 5) is 37.5. The minimum Gasteiger partial charge on any atom is -0.465 e. The number of hydrogen-bond acceptors (Lipinski definition) is 6. The summed E-state index contributed by atoms with van der Waals surface area (Å²) in [5, 5.41) is 2.91. The zero-order valence-electron chi connectivity index (χ0n) is 13.9. The van der Waals surface area contributed by atoms with Crippen LogP contribution >= 0.6 is 0 Å². The van der Waals surface area contributed by atoms with Crippen LogP contribution in [0.15, 0.2) is 18.2 Å². The second-order valence-electron chi connectivity index (χ2n) is 6.61. The highest BCUT2D eigenvalue weighted by Gasteiger charge is 2.62. The Labute approximate surface area is 144 Å². The molecule has 0 unspecified atom stereocenters. The molecule has 2 aliphatic heterocycles. The fourth-order valence-electron chi connectivity index (χ4n) is 4.29. The number of Topliss-reactive ketones (excluding diaryl/α,β-unsaturated/α-hetero) is 1. The van der Waals surface area contributed by atoms with Gasteiger partial charge in [0.15, 0.2) is 11.5 Å². The van der Waals surface area contributed by atoms with Crippen LogP contribution in [-0.2, 0) is 24.5 Å². The van der Waals surface area contributed by atoms with Crippen molar-refractivity contribution in [2.75, 3.05) is 13.4 Å². The van der Waals surface area contributed by atoms with Gasteiger partial charge in [-0.15, -0.1) is 0 Å². The number of esters is 1. The third kappa shape index (κ3) is 2.29. The highest BCUT2D eigenvalue weighted by atomic mass is 16.7. The summed E-state index contributed by atoms with van der Waals surface area (Å²) in [5.41, 5.74) is -0.217. The van der Waals surface area contributed by atoms with Gasteiger partial charge in [0.1, 0.15) is 11.7 Å². The predicted molar refractivity (Wildman–Crippen MR) is 85.2 cm³/mol. The van der Waals surface area contributed by atoms with Crippen molar-refractivity contribution in [3.63, 3.8) is 0 Å². The Hall–Kier alpha value is -2.57. The average molecular weight is 345 g/mol. The van der Waals surface area contributed by atoms with Crippen molar-refractivity contribution in [2.24, 2.45) is 5.92 Å². The van der Waals surface area contributed by atoms with E-state index in [1.807, 2.05) is 6.07 Å². The van der Waals surface area contributed by atoms with Crippen molar-refractivity contribution in [3.05, 3.63) is 23.8 Å². The van der Waals surface area contributed by atoms with Crippen molar-refractivity contribution in [1.29, 1.82) is 0 Å². The molecular weight excluding hydrogens is 326 g/mol. The molecular formula is C18H19NO6. The van der Waals surface area contributed by atoms with E-state index in [0.717, 1.165) is 5.56 Å². The summed E-state index contributed by atoms with van der Waals surface area (Å²) in [5.74, 6) is -0.790. The van der Waals surface area contributed by atoms with Crippen LogP contribution < -0.4 is 14.8 Å². The summed E-state index contributed by atoms with van der Waals surface area (Å²) >= 11 is 0. The first kappa shape index (κ1) is 15.9. The van der Waals surface area contributed by atoms with Crippen LogP contribution in [0, 0.1) is 5.92 Å². The molecule has 3 atom stereocenters. The van der Waals surface area contributed by atoms with E-state index >= 15 is 0 Å². The van der Waals surface area contributed by atoms with E-state index in [1.54, 1.807) is 19.1 Å². The second-order valence-corrected chi connectivity index (χ2v) is 6.61. The first-order valence-corrected chi connectivity index (χ1v) is 8.45. The van der Waals surface area contributed by atoms with Crippen LogP contribution in [0.1, 0.15) is 31.7 Å². The highest BCUT2D eigenvalue weighted by molar-refractivity contribution is 6.03. The molecule has 25 heavy (non-hydrogen) atoms. The molecule has 2 fully saturated rings. The van der Waals surface area contributed by atoms with Gasteiger partial charge in [0.2, 0.25) is 12.7 Å². The summed E-state index contributed by atoms with van der Waals surface area (Å²) < 4.78 is 15.9. The van der Waals surface area contributed by atoms with Crippen LogP contribution in [0.4, 0.5) is 0 Å². The number of carbonyl (C=O) groups is 3. The normalized spacial score (nSPS) is 30.0. The number of ketones is 1. The Bertz CT molecular complexity index is 760. The molecule has 1 aliphatic carbocycles. The lowest BCUT2D eigenvalue weighted by molar-refractivity contribution is -0.153. The molecule has 2 heterocycles. The number of amides is 1. The first-order chi connectivity index (χ1) is 12.1. The number of fused-ring (bicyclic) bond motifs is 2.